The van der Waals surface area contributed by atoms with Gasteiger partial charge in [-0.1, -0.05) is 63.2 Å². The van der Waals surface area contributed by atoms with E-state index >= 15 is 0 Å². The van der Waals surface area contributed by atoms with Crippen LogP contribution in [0.1, 0.15) is 27.2 Å². The molecule has 0 atom stereocenters. The summed E-state index contributed by atoms with van der Waals surface area (Å²) < 4.78 is 18.5. The molecule has 3 rings (SSSR count). The second-order valence-electron chi connectivity index (χ2n) is 8.03. The Morgan fingerprint density at radius 2 is 1.39 bits per heavy atom. The largest absolute Gasteiger partial charge is 0.481 e. The molecule has 1 N–H and O–H groups in total. The van der Waals surface area contributed by atoms with Gasteiger partial charge in [-0.3, -0.25) is 9.36 Å². The van der Waals surface area contributed by atoms with Crippen molar-refractivity contribution < 1.29 is 14.5 Å². The highest BCUT2D eigenvalue weighted by molar-refractivity contribution is 7.71. The molecule has 0 saturated carbocycles. The van der Waals surface area contributed by atoms with Gasteiger partial charge in [0.05, 0.1) is 6.42 Å². The Morgan fingerprint density at radius 1 is 0.964 bits per heavy atom. The van der Waals surface area contributed by atoms with Crippen LogP contribution in [0.5, 0.6) is 0 Å². The Balaban J connectivity index is 2.20. The summed E-state index contributed by atoms with van der Waals surface area (Å²) in [5, 5.41) is 10.0. The number of para-hydroxylation sites is 2. The maximum absolute atomic E-state index is 14.7. The van der Waals surface area contributed by atoms with Crippen molar-refractivity contribution in [3.8, 4) is 0 Å². The van der Waals surface area contributed by atoms with Gasteiger partial charge in [0.2, 0.25) is 0 Å². The maximum Gasteiger partial charge on any atom is 0.308 e. The summed E-state index contributed by atoms with van der Waals surface area (Å²) in [4.78, 5) is 11.7. The van der Waals surface area contributed by atoms with Gasteiger partial charge in [0.25, 0.3) is 7.44 Å². The van der Waals surface area contributed by atoms with Gasteiger partial charge in [-0.05, 0) is 29.7 Å². The van der Waals surface area contributed by atoms with Gasteiger partial charge in [-0.2, -0.15) is 0 Å². The zero-order valence-corrected chi connectivity index (χ0v) is 17.5. The van der Waals surface area contributed by atoms with Crippen LogP contribution in [0.4, 0.5) is 11.4 Å². The van der Waals surface area contributed by atoms with E-state index in [2.05, 4.69) is 0 Å². The summed E-state index contributed by atoms with van der Waals surface area (Å²) in [7, 11) is -3.35. The molecule has 148 valence electrons. The minimum Gasteiger partial charge on any atom is -0.481 e. The monoisotopic (exact) mass is 398 g/mol. The third-order valence-corrected chi connectivity index (χ3v) is 7.80. The van der Waals surface area contributed by atoms with Gasteiger partial charge >= 0.3 is 5.97 Å². The molecule has 1 heterocycles. The molecule has 0 aromatic heterocycles. The number of carbonyl (C=O) groups is 1. The molecule has 1 saturated heterocycles. The predicted octanol–water partition coefficient (Wildman–Crippen LogP) is 5.61. The molecule has 0 radical (unpaired) electrons. The van der Waals surface area contributed by atoms with Crippen molar-refractivity contribution in [3.63, 3.8) is 0 Å². The van der Waals surface area contributed by atoms with Crippen LogP contribution in [-0.2, 0) is 9.36 Å². The Labute approximate surface area is 166 Å². The van der Waals surface area contributed by atoms with Gasteiger partial charge < -0.3 is 14.4 Å². The molecule has 6 heteroatoms. The number of benzene rings is 2. The number of nitrogens with zero attached hydrogens (tertiary/aromatic N) is 2. The van der Waals surface area contributed by atoms with Crippen molar-refractivity contribution in [2.45, 2.75) is 27.2 Å². The molecule has 2 aromatic carbocycles. The fourth-order valence-electron chi connectivity index (χ4n) is 3.57. The lowest BCUT2D eigenvalue weighted by molar-refractivity contribution is -0.136. The Morgan fingerprint density at radius 3 is 1.75 bits per heavy atom. The van der Waals surface area contributed by atoms with Crippen LogP contribution < -0.4 is 9.34 Å². The summed E-state index contributed by atoms with van der Waals surface area (Å²) in [5.41, 5.74) is 1.39. The number of aliphatic carboxylic acids is 1. The Kier molecular flexibility index (Phi) is 5.66. The van der Waals surface area contributed by atoms with E-state index in [0.29, 0.717) is 18.4 Å². The van der Waals surface area contributed by atoms with Crippen LogP contribution in [0.3, 0.4) is 0 Å². The highest BCUT2D eigenvalue weighted by Crippen LogP contribution is 2.66. The first-order chi connectivity index (χ1) is 13.2. The molecule has 5 nitrogen and oxygen atoms in total. The zero-order valence-electron chi connectivity index (χ0n) is 16.6. The lowest BCUT2D eigenvalue weighted by atomic mass is 9.96. The van der Waals surface area contributed by atoms with E-state index in [1.54, 1.807) is 0 Å². The lowest BCUT2D eigenvalue weighted by Crippen LogP contribution is -2.22. The van der Waals surface area contributed by atoms with E-state index in [-0.39, 0.29) is 11.8 Å². The summed E-state index contributed by atoms with van der Waals surface area (Å²) in [6.45, 7) is 7.12. The molecule has 0 spiro atoms. The van der Waals surface area contributed by atoms with Gasteiger partial charge in [-0.15, -0.1) is 0 Å². The second-order valence-corrected chi connectivity index (χ2v) is 10.7. The Bertz CT molecular complexity index is 853. The molecule has 0 aliphatic carbocycles. The Hall–Kier alpha value is -2.52. The predicted molar refractivity (Wildman–Crippen MR) is 115 cm³/mol. The van der Waals surface area contributed by atoms with Gasteiger partial charge in [0.15, 0.2) is 0 Å². The number of hydrogen-bond donors (Lipinski definition) is 1. The molecular weight excluding hydrogens is 371 g/mol. The fourth-order valence-corrected chi connectivity index (χ4v) is 6.96. The van der Waals surface area contributed by atoms with Crippen molar-refractivity contribution in [2.75, 3.05) is 22.4 Å². The number of hydrogen-bond acceptors (Lipinski definition) is 2. The number of anilines is 2. The van der Waals surface area contributed by atoms with Gasteiger partial charge in [0, 0.05) is 29.8 Å². The number of carboxylic acids is 1. The highest BCUT2D eigenvalue weighted by Gasteiger charge is 2.47. The van der Waals surface area contributed by atoms with Crippen LogP contribution in [0.25, 0.3) is 0 Å². The first kappa shape index (κ1) is 20.2. The van der Waals surface area contributed by atoms with E-state index < -0.39 is 13.4 Å². The van der Waals surface area contributed by atoms with Crippen molar-refractivity contribution in [1.82, 2.24) is 0 Å². The van der Waals surface area contributed by atoms with Crippen molar-refractivity contribution in [2.24, 2.45) is 5.41 Å². The minimum atomic E-state index is -3.35. The van der Waals surface area contributed by atoms with E-state index in [0.717, 1.165) is 11.4 Å². The topological polar surface area (TPSA) is 60.9 Å². The van der Waals surface area contributed by atoms with E-state index in [1.165, 1.54) is 0 Å². The van der Waals surface area contributed by atoms with E-state index in [9.17, 15) is 14.5 Å². The zero-order chi connectivity index (χ0) is 20.4. The smallest absolute Gasteiger partial charge is 0.308 e. The molecule has 28 heavy (non-hydrogen) atoms. The van der Waals surface area contributed by atoms with Gasteiger partial charge in [-0.25, -0.2) is 0 Å². The summed E-state index contributed by atoms with van der Waals surface area (Å²) in [6, 6.07) is 19.2. The first-order valence-electron chi connectivity index (χ1n) is 9.42. The van der Waals surface area contributed by atoms with Crippen LogP contribution in [0, 0.1) is 5.41 Å². The summed E-state index contributed by atoms with van der Waals surface area (Å²) in [5.74, 6) is -0.973. The third-order valence-electron chi connectivity index (χ3n) is 4.59. The molecule has 0 unspecified atom stereocenters. The molecule has 0 bridgehead atoms. The average Bonchev–Trinajstić information content (AvgIpc) is 2.99. The van der Waals surface area contributed by atoms with E-state index in [4.69, 9.17) is 0 Å². The van der Waals surface area contributed by atoms with Crippen LogP contribution in [0.15, 0.2) is 72.1 Å². The fraction of sp³-hybridized carbons (Fsp3) is 0.318. The molecular formula is C22H27N2O3P. The van der Waals surface area contributed by atoms with Crippen molar-refractivity contribution in [1.29, 1.82) is 0 Å². The van der Waals surface area contributed by atoms with Crippen LogP contribution >= 0.6 is 7.44 Å². The third kappa shape index (κ3) is 4.15. The SMILES string of the molecule is CC(C)(C)C=C(CC(=O)O)P1(=O)N(c2ccccc2)CCN1c1ccccc1. The normalized spacial score (nSPS) is 17.0. The van der Waals surface area contributed by atoms with Crippen LogP contribution in [0.2, 0.25) is 0 Å². The van der Waals surface area contributed by atoms with E-state index in [1.807, 2.05) is 96.9 Å². The molecule has 1 fully saturated rings. The molecule has 2 aromatic rings. The number of rotatable bonds is 5. The van der Waals surface area contributed by atoms with Gasteiger partial charge in [0.1, 0.15) is 0 Å². The quantitative estimate of drug-likeness (QED) is 0.663. The molecule has 1 aliphatic rings. The number of allylic oxidation sites excluding steroid dienone is 1. The standard InChI is InChI=1S/C22H27N2O3P/c1-22(2,3)17-20(16-21(25)26)28(27)23(18-10-6-4-7-11-18)14-15-24(28)19-12-8-5-9-13-19/h4-13,17H,14-16H2,1-3H3,(H,25,26). The highest BCUT2D eigenvalue weighted by atomic mass is 31.2. The second kappa shape index (κ2) is 7.84. The summed E-state index contributed by atoms with van der Waals surface area (Å²) in [6.07, 6.45) is 1.63. The average molecular weight is 398 g/mol. The summed E-state index contributed by atoms with van der Waals surface area (Å²) >= 11 is 0. The van der Waals surface area contributed by atoms with Crippen molar-refractivity contribution in [3.05, 3.63) is 72.1 Å². The molecule has 0 amide bonds. The number of carboxylic acid groups (broad SMARTS) is 1. The van der Waals surface area contributed by atoms with Crippen LogP contribution in [-0.4, -0.2) is 24.2 Å². The van der Waals surface area contributed by atoms with Crippen molar-refractivity contribution >= 4 is 24.8 Å². The first-order valence-corrected chi connectivity index (χ1v) is 11.0. The maximum atomic E-state index is 14.7. The molecule has 1 aliphatic heterocycles. The minimum absolute atomic E-state index is 0.249. The lowest BCUT2D eigenvalue weighted by Gasteiger charge is -2.35.